The summed E-state index contributed by atoms with van der Waals surface area (Å²) in [4.78, 5) is 23.9. The molecule has 7 heteroatoms. The molecule has 0 bridgehead atoms. The lowest BCUT2D eigenvalue weighted by Crippen LogP contribution is -2.39. The molecule has 0 spiro atoms. The zero-order valence-electron chi connectivity index (χ0n) is 15.0. The van der Waals surface area contributed by atoms with E-state index in [9.17, 15) is 9.59 Å². The van der Waals surface area contributed by atoms with E-state index in [0.29, 0.717) is 17.2 Å². The number of amides is 3. The zero-order valence-corrected chi connectivity index (χ0v) is 15.0. The monoisotopic (exact) mass is 357 g/mol. The minimum atomic E-state index is -0.446. The van der Waals surface area contributed by atoms with Gasteiger partial charge in [0, 0.05) is 11.3 Å². The summed E-state index contributed by atoms with van der Waals surface area (Å²) in [6.07, 6.45) is 0. The van der Waals surface area contributed by atoms with Crippen molar-refractivity contribution >= 4 is 17.6 Å². The van der Waals surface area contributed by atoms with Gasteiger partial charge in [0.2, 0.25) is 5.91 Å². The van der Waals surface area contributed by atoms with Crippen molar-refractivity contribution in [1.82, 2.24) is 10.6 Å². The maximum Gasteiger partial charge on any atom is 0.319 e. The molecule has 26 heavy (non-hydrogen) atoms. The predicted octanol–water partition coefficient (Wildman–Crippen LogP) is 2.70. The predicted molar refractivity (Wildman–Crippen MR) is 99.6 cm³/mol. The number of anilines is 1. The van der Waals surface area contributed by atoms with Crippen LogP contribution in [0.2, 0.25) is 0 Å². The number of hydrogen-bond donors (Lipinski definition) is 3. The highest BCUT2D eigenvalue weighted by Gasteiger charge is 2.15. The van der Waals surface area contributed by atoms with Gasteiger partial charge in [-0.25, -0.2) is 4.79 Å². The Balaban J connectivity index is 1.88. The Bertz CT molecular complexity index is 750. The van der Waals surface area contributed by atoms with Gasteiger partial charge in [0.1, 0.15) is 11.5 Å². The molecule has 1 unspecified atom stereocenters. The van der Waals surface area contributed by atoms with E-state index >= 15 is 0 Å². The van der Waals surface area contributed by atoms with Crippen LogP contribution in [0.5, 0.6) is 11.5 Å². The second-order valence-corrected chi connectivity index (χ2v) is 5.57. The number of methoxy groups -OCH3 is 2. The van der Waals surface area contributed by atoms with Crippen molar-refractivity contribution in [3.8, 4) is 11.5 Å². The van der Waals surface area contributed by atoms with Crippen LogP contribution in [0.15, 0.2) is 48.5 Å². The largest absolute Gasteiger partial charge is 0.497 e. The molecule has 3 N–H and O–H groups in total. The third kappa shape index (κ3) is 5.41. The van der Waals surface area contributed by atoms with Gasteiger partial charge >= 0.3 is 6.03 Å². The van der Waals surface area contributed by atoms with E-state index in [1.165, 1.54) is 0 Å². The molecule has 138 valence electrons. The maximum absolute atomic E-state index is 12.1. The fourth-order valence-electron chi connectivity index (χ4n) is 2.41. The first-order chi connectivity index (χ1) is 12.5. The summed E-state index contributed by atoms with van der Waals surface area (Å²) in [6.45, 7) is 1.69. The molecule has 2 rings (SSSR count). The van der Waals surface area contributed by atoms with Crippen LogP contribution in [0.4, 0.5) is 10.5 Å². The highest BCUT2D eigenvalue weighted by atomic mass is 16.5. The van der Waals surface area contributed by atoms with Crippen LogP contribution in [0.25, 0.3) is 0 Å². The molecule has 0 aliphatic rings. The Labute approximate surface area is 152 Å². The van der Waals surface area contributed by atoms with E-state index in [0.717, 1.165) is 5.56 Å². The van der Waals surface area contributed by atoms with Crippen LogP contribution in [-0.4, -0.2) is 32.7 Å². The SMILES string of the molecule is COc1ccc(OC)c(C(C)NC(=O)CNC(=O)Nc2ccccc2)c1. The van der Waals surface area contributed by atoms with Crippen LogP contribution in [-0.2, 0) is 4.79 Å². The number of nitrogens with one attached hydrogen (secondary N) is 3. The molecular weight excluding hydrogens is 334 g/mol. The minimum Gasteiger partial charge on any atom is -0.497 e. The Morgan fingerprint density at radius 2 is 1.77 bits per heavy atom. The molecule has 0 aromatic heterocycles. The molecule has 0 heterocycles. The average molecular weight is 357 g/mol. The summed E-state index contributed by atoms with van der Waals surface area (Å²) in [5.74, 6) is 1.00. The molecular formula is C19H23N3O4. The van der Waals surface area contributed by atoms with Crippen molar-refractivity contribution in [3.05, 3.63) is 54.1 Å². The van der Waals surface area contributed by atoms with E-state index in [2.05, 4.69) is 16.0 Å². The molecule has 0 radical (unpaired) electrons. The van der Waals surface area contributed by atoms with Crippen LogP contribution in [0.1, 0.15) is 18.5 Å². The molecule has 2 aromatic carbocycles. The molecule has 0 fully saturated rings. The Morgan fingerprint density at radius 1 is 1.04 bits per heavy atom. The van der Waals surface area contributed by atoms with Crippen molar-refractivity contribution < 1.29 is 19.1 Å². The number of para-hydroxylation sites is 1. The van der Waals surface area contributed by atoms with Crippen molar-refractivity contribution in [1.29, 1.82) is 0 Å². The first-order valence-corrected chi connectivity index (χ1v) is 8.14. The summed E-state index contributed by atoms with van der Waals surface area (Å²) < 4.78 is 10.5. The smallest absolute Gasteiger partial charge is 0.319 e. The summed E-state index contributed by atoms with van der Waals surface area (Å²) in [7, 11) is 3.14. The maximum atomic E-state index is 12.1. The first kappa shape index (κ1) is 19.1. The number of carbonyl (C=O) groups is 2. The normalized spacial score (nSPS) is 11.2. The topological polar surface area (TPSA) is 88.7 Å². The standard InChI is InChI=1S/C19H23N3O4/c1-13(16-11-15(25-2)9-10-17(16)26-3)21-18(23)12-20-19(24)22-14-7-5-4-6-8-14/h4-11,13H,12H2,1-3H3,(H,21,23)(H2,20,22,24). The Kier molecular flexibility index (Phi) is 6.84. The van der Waals surface area contributed by atoms with Crippen LogP contribution < -0.4 is 25.4 Å². The van der Waals surface area contributed by atoms with E-state index < -0.39 is 6.03 Å². The summed E-state index contributed by atoms with van der Waals surface area (Å²) in [6, 6.07) is 13.6. The van der Waals surface area contributed by atoms with E-state index in [-0.39, 0.29) is 18.5 Å². The van der Waals surface area contributed by atoms with Crippen LogP contribution in [0.3, 0.4) is 0 Å². The molecule has 0 saturated heterocycles. The lowest BCUT2D eigenvalue weighted by molar-refractivity contribution is -0.120. The molecule has 2 aromatic rings. The number of carbonyl (C=O) groups excluding carboxylic acids is 2. The average Bonchev–Trinajstić information content (AvgIpc) is 2.66. The lowest BCUT2D eigenvalue weighted by atomic mass is 10.1. The Hall–Kier alpha value is -3.22. The number of benzene rings is 2. The van der Waals surface area contributed by atoms with Gasteiger partial charge in [-0.2, -0.15) is 0 Å². The van der Waals surface area contributed by atoms with Gasteiger partial charge in [-0.15, -0.1) is 0 Å². The highest BCUT2D eigenvalue weighted by molar-refractivity contribution is 5.92. The molecule has 0 aliphatic carbocycles. The molecule has 7 nitrogen and oxygen atoms in total. The van der Waals surface area contributed by atoms with E-state index in [1.807, 2.05) is 25.1 Å². The van der Waals surface area contributed by atoms with Gasteiger partial charge in [0.25, 0.3) is 0 Å². The summed E-state index contributed by atoms with van der Waals surface area (Å²) >= 11 is 0. The Morgan fingerprint density at radius 3 is 2.42 bits per heavy atom. The van der Waals surface area contributed by atoms with E-state index in [1.54, 1.807) is 44.6 Å². The highest BCUT2D eigenvalue weighted by Crippen LogP contribution is 2.29. The summed E-state index contributed by atoms with van der Waals surface area (Å²) in [5.41, 5.74) is 1.44. The zero-order chi connectivity index (χ0) is 18.9. The van der Waals surface area contributed by atoms with Gasteiger partial charge in [-0.3, -0.25) is 4.79 Å². The lowest BCUT2D eigenvalue weighted by Gasteiger charge is -2.18. The van der Waals surface area contributed by atoms with Crippen LogP contribution >= 0.6 is 0 Å². The van der Waals surface area contributed by atoms with Crippen molar-refractivity contribution in [2.45, 2.75) is 13.0 Å². The third-order valence-electron chi connectivity index (χ3n) is 3.72. The van der Waals surface area contributed by atoms with Crippen LogP contribution in [0, 0.1) is 0 Å². The number of urea groups is 1. The molecule has 3 amide bonds. The third-order valence-corrected chi connectivity index (χ3v) is 3.72. The number of ether oxygens (including phenoxy) is 2. The van der Waals surface area contributed by atoms with Gasteiger partial charge in [-0.1, -0.05) is 18.2 Å². The minimum absolute atomic E-state index is 0.144. The van der Waals surface area contributed by atoms with Gasteiger partial charge in [-0.05, 0) is 37.3 Å². The number of rotatable bonds is 7. The fourth-order valence-corrected chi connectivity index (χ4v) is 2.41. The van der Waals surface area contributed by atoms with Crippen molar-refractivity contribution in [3.63, 3.8) is 0 Å². The fraction of sp³-hybridized carbons (Fsp3) is 0.263. The second-order valence-electron chi connectivity index (χ2n) is 5.57. The van der Waals surface area contributed by atoms with Gasteiger partial charge in [0.15, 0.2) is 0 Å². The van der Waals surface area contributed by atoms with Gasteiger partial charge in [0.05, 0.1) is 26.8 Å². The molecule has 0 aliphatic heterocycles. The summed E-state index contributed by atoms with van der Waals surface area (Å²) in [5, 5.41) is 7.99. The number of hydrogen-bond acceptors (Lipinski definition) is 4. The van der Waals surface area contributed by atoms with E-state index in [4.69, 9.17) is 9.47 Å². The van der Waals surface area contributed by atoms with Gasteiger partial charge < -0.3 is 25.4 Å². The molecule has 0 saturated carbocycles. The molecule has 1 atom stereocenters. The van der Waals surface area contributed by atoms with Crippen molar-refractivity contribution in [2.24, 2.45) is 0 Å². The van der Waals surface area contributed by atoms with Crippen molar-refractivity contribution in [2.75, 3.05) is 26.1 Å². The quantitative estimate of drug-likeness (QED) is 0.711. The first-order valence-electron chi connectivity index (χ1n) is 8.14. The second kappa shape index (κ2) is 9.31.